The number of terminal acetylenes is 1. The summed E-state index contributed by atoms with van der Waals surface area (Å²) in [5.41, 5.74) is -1.14. The second-order valence-corrected chi connectivity index (χ2v) is 8.61. The molecule has 2 rings (SSSR count). The lowest BCUT2D eigenvalue weighted by atomic mass is 9.95. The van der Waals surface area contributed by atoms with E-state index in [1.165, 1.54) is 11.3 Å². The fraction of sp³-hybridized carbons (Fsp3) is 0.722. The van der Waals surface area contributed by atoms with Crippen molar-refractivity contribution in [2.24, 2.45) is 5.92 Å². The Hall–Kier alpha value is -1.49. The molecule has 0 atom stereocenters. The Morgan fingerprint density at radius 3 is 2.60 bits per heavy atom. The number of carbonyl (C=O) groups excluding carboxylic acids is 1. The van der Waals surface area contributed by atoms with Gasteiger partial charge in [0.2, 0.25) is 11.0 Å². The van der Waals surface area contributed by atoms with Crippen molar-refractivity contribution in [1.29, 1.82) is 0 Å². The maximum absolute atomic E-state index is 12.8. The van der Waals surface area contributed by atoms with E-state index in [2.05, 4.69) is 26.3 Å². The van der Waals surface area contributed by atoms with Gasteiger partial charge in [-0.1, -0.05) is 17.3 Å². The Labute approximate surface area is 154 Å². The monoisotopic (exact) mass is 364 g/mol. The molecule has 1 aliphatic heterocycles. The van der Waals surface area contributed by atoms with Crippen molar-refractivity contribution < 1.29 is 9.53 Å². The molecule has 0 unspecified atom stereocenters. The number of likely N-dealkylation sites (N-methyl/N-ethyl adjacent to an activating group) is 1. The highest BCUT2D eigenvalue weighted by molar-refractivity contribution is 7.15. The quantitative estimate of drug-likeness (QED) is 0.786. The Balaban J connectivity index is 1.99. The summed E-state index contributed by atoms with van der Waals surface area (Å²) < 4.78 is 5.41. The highest BCUT2D eigenvalue weighted by Gasteiger charge is 2.34. The van der Waals surface area contributed by atoms with Crippen LogP contribution >= 0.6 is 11.3 Å². The van der Waals surface area contributed by atoms with Gasteiger partial charge < -0.3 is 4.74 Å². The molecule has 0 saturated carbocycles. The van der Waals surface area contributed by atoms with E-state index in [1.54, 1.807) is 0 Å². The highest BCUT2D eigenvalue weighted by atomic mass is 32.1. The summed E-state index contributed by atoms with van der Waals surface area (Å²) in [4.78, 5) is 14.9. The molecule has 1 saturated heterocycles. The number of hydrogen-bond donors (Lipinski definition) is 1. The van der Waals surface area contributed by atoms with Crippen LogP contribution in [0.5, 0.6) is 0 Å². The summed E-state index contributed by atoms with van der Waals surface area (Å²) in [6, 6.07) is 0. The third kappa shape index (κ3) is 4.78. The summed E-state index contributed by atoms with van der Waals surface area (Å²) in [7, 11) is 1.99. The molecule has 0 aliphatic carbocycles. The number of carbonyl (C=O) groups is 1. The van der Waals surface area contributed by atoms with Crippen molar-refractivity contribution in [1.82, 2.24) is 15.1 Å². The number of rotatable bonds is 6. The zero-order valence-corrected chi connectivity index (χ0v) is 16.6. The Morgan fingerprint density at radius 2 is 2.00 bits per heavy atom. The first-order valence-corrected chi connectivity index (χ1v) is 9.40. The van der Waals surface area contributed by atoms with Crippen molar-refractivity contribution in [3.8, 4) is 12.3 Å². The number of aromatic nitrogens is 2. The van der Waals surface area contributed by atoms with Crippen LogP contribution in [0.1, 0.15) is 45.5 Å². The zero-order chi connectivity index (χ0) is 18.7. The van der Waals surface area contributed by atoms with Crippen molar-refractivity contribution in [2.75, 3.05) is 32.1 Å². The van der Waals surface area contributed by atoms with E-state index < -0.39 is 11.0 Å². The molecule has 1 aromatic heterocycles. The van der Waals surface area contributed by atoms with Crippen LogP contribution in [0.15, 0.2) is 0 Å². The first-order chi connectivity index (χ1) is 11.7. The van der Waals surface area contributed by atoms with E-state index >= 15 is 0 Å². The van der Waals surface area contributed by atoms with Crippen LogP contribution in [-0.2, 0) is 14.9 Å². The first kappa shape index (κ1) is 19.8. The Kier molecular flexibility index (Phi) is 6.20. The standard InChI is InChI=1S/C18H28N4O2S/c1-7-17(2,3)15-20-21-16(25-15)19-14(23)18(4,5)22(6)12-13-8-10-24-11-9-13/h1,13H,8-12H2,2-6H3,(H,19,21,23). The summed E-state index contributed by atoms with van der Waals surface area (Å²) >= 11 is 1.32. The number of hydrogen-bond acceptors (Lipinski definition) is 6. The van der Waals surface area contributed by atoms with Crippen LogP contribution in [0.25, 0.3) is 0 Å². The van der Waals surface area contributed by atoms with Crippen molar-refractivity contribution in [2.45, 2.75) is 51.5 Å². The van der Waals surface area contributed by atoms with E-state index in [4.69, 9.17) is 11.2 Å². The van der Waals surface area contributed by atoms with Crippen LogP contribution in [0.4, 0.5) is 5.13 Å². The van der Waals surface area contributed by atoms with Crippen LogP contribution in [0.2, 0.25) is 0 Å². The summed E-state index contributed by atoms with van der Waals surface area (Å²) in [6.45, 7) is 10.2. The molecule has 1 fully saturated rings. The Bertz CT molecular complexity index is 642. The van der Waals surface area contributed by atoms with E-state index in [-0.39, 0.29) is 5.91 Å². The number of nitrogens with one attached hydrogen (secondary N) is 1. The average Bonchev–Trinajstić information content (AvgIpc) is 3.05. The largest absolute Gasteiger partial charge is 0.381 e. The van der Waals surface area contributed by atoms with Gasteiger partial charge in [-0.25, -0.2) is 0 Å². The first-order valence-electron chi connectivity index (χ1n) is 8.59. The molecule has 1 aromatic rings. The van der Waals surface area contributed by atoms with Gasteiger partial charge in [0.05, 0.1) is 11.0 Å². The molecular formula is C18H28N4O2S. The molecule has 0 bridgehead atoms. The van der Waals surface area contributed by atoms with E-state index in [1.807, 2.05) is 34.7 Å². The summed E-state index contributed by atoms with van der Waals surface area (Å²) in [5.74, 6) is 3.17. The van der Waals surface area contributed by atoms with Gasteiger partial charge in [-0.05, 0) is 53.5 Å². The molecular weight excluding hydrogens is 336 g/mol. The van der Waals surface area contributed by atoms with Gasteiger partial charge in [-0.2, -0.15) is 0 Å². The van der Waals surface area contributed by atoms with E-state index in [0.717, 1.165) is 37.6 Å². The van der Waals surface area contributed by atoms with Crippen LogP contribution in [-0.4, -0.2) is 53.3 Å². The lowest BCUT2D eigenvalue weighted by Gasteiger charge is -2.37. The van der Waals surface area contributed by atoms with Gasteiger partial charge in [0.1, 0.15) is 5.01 Å². The van der Waals surface area contributed by atoms with Gasteiger partial charge in [-0.15, -0.1) is 16.6 Å². The topological polar surface area (TPSA) is 67.4 Å². The lowest BCUT2D eigenvalue weighted by molar-refractivity contribution is -0.126. The maximum atomic E-state index is 12.8. The SMILES string of the molecule is C#CC(C)(C)c1nnc(NC(=O)C(C)(C)N(C)CC2CCOCC2)s1. The summed E-state index contributed by atoms with van der Waals surface area (Å²) in [6.07, 6.45) is 7.62. The molecule has 1 N–H and O–H groups in total. The van der Waals surface area contributed by atoms with E-state index in [0.29, 0.717) is 11.0 Å². The fourth-order valence-corrected chi connectivity index (χ4v) is 3.36. The summed E-state index contributed by atoms with van der Waals surface area (Å²) in [5, 5.41) is 12.3. The predicted octanol–water partition coefficient (Wildman–Crippen LogP) is 2.52. The molecule has 0 radical (unpaired) electrons. The van der Waals surface area contributed by atoms with Crippen LogP contribution < -0.4 is 5.32 Å². The number of amides is 1. The molecule has 7 heteroatoms. The number of ether oxygens (including phenoxy) is 1. The second kappa shape index (κ2) is 7.81. The van der Waals surface area contributed by atoms with Gasteiger partial charge in [0.25, 0.3) is 0 Å². The molecule has 2 heterocycles. The van der Waals surface area contributed by atoms with Crippen molar-refractivity contribution in [3.05, 3.63) is 5.01 Å². The minimum absolute atomic E-state index is 0.0942. The zero-order valence-electron chi connectivity index (χ0n) is 15.8. The molecule has 138 valence electrons. The Morgan fingerprint density at radius 1 is 1.36 bits per heavy atom. The minimum Gasteiger partial charge on any atom is -0.381 e. The molecule has 0 spiro atoms. The third-order valence-electron chi connectivity index (χ3n) is 4.92. The van der Waals surface area contributed by atoms with Gasteiger partial charge >= 0.3 is 0 Å². The second-order valence-electron chi connectivity index (χ2n) is 7.63. The van der Waals surface area contributed by atoms with Crippen LogP contribution in [0, 0.1) is 18.3 Å². The third-order valence-corrected chi connectivity index (χ3v) is 6.09. The van der Waals surface area contributed by atoms with E-state index in [9.17, 15) is 4.79 Å². The predicted molar refractivity (Wildman–Crippen MR) is 101 cm³/mol. The number of anilines is 1. The normalized spacial score (nSPS) is 16.7. The van der Waals surface area contributed by atoms with Gasteiger partial charge in [0.15, 0.2) is 0 Å². The lowest BCUT2D eigenvalue weighted by Crippen LogP contribution is -2.52. The molecule has 6 nitrogen and oxygen atoms in total. The fourth-order valence-electron chi connectivity index (χ4n) is 2.56. The maximum Gasteiger partial charge on any atom is 0.246 e. The highest BCUT2D eigenvalue weighted by Crippen LogP contribution is 2.29. The molecule has 1 aliphatic rings. The molecule has 1 amide bonds. The van der Waals surface area contributed by atoms with Crippen molar-refractivity contribution in [3.63, 3.8) is 0 Å². The molecule has 0 aromatic carbocycles. The van der Waals surface area contributed by atoms with Gasteiger partial charge in [-0.3, -0.25) is 15.0 Å². The minimum atomic E-state index is -0.647. The number of nitrogens with zero attached hydrogens (tertiary/aromatic N) is 3. The van der Waals surface area contributed by atoms with Crippen LogP contribution in [0.3, 0.4) is 0 Å². The average molecular weight is 365 g/mol. The molecule has 25 heavy (non-hydrogen) atoms. The smallest absolute Gasteiger partial charge is 0.246 e. The van der Waals surface area contributed by atoms with Crippen molar-refractivity contribution >= 4 is 22.4 Å². The van der Waals surface area contributed by atoms with Gasteiger partial charge in [0, 0.05) is 19.8 Å².